The van der Waals surface area contributed by atoms with Gasteiger partial charge in [-0.15, -0.1) is 0 Å². The fourth-order valence-corrected chi connectivity index (χ4v) is 2.37. The second kappa shape index (κ2) is 6.18. The van der Waals surface area contributed by atoms with Crippen molar-refractivity contribution < 1.29 is 4.39 Å². The summed E-state index contributed by atoms with van der Waals surface area (Å²) in [6.45, 7) is 6.75. The van der Waals surface area contributed by atoms with E-state index in [9.17, 15) is 4.39 Å². The van der Waals surface area contributed by atoms with Crippen LogP contribution in [0.15, 0.2) is 24.3 Å². The molecule has 2 aromatic rings. The Morgan fingerprint density at radius 1 is 1.30 bits per heavy atom. The number of hydrogen-bond donors (Lipinski definition) is 1. The summed E-state index contributed by atoms with van der Waals surface area (Å²) in [5.41, 5.74) is 3.63. The van der Waals surface area contributed by atoms with Crippen LogP contribution in [0.2, 0.25) is 0 Å². The molecule has 1 N–H and O–H groups in total. The Balaban J connectivity index is 2.41. The van der Waals surface area contributed by atoms with Crippen LogP contribution in [0.5, 0.6) is 0 Å². The van der Waals surface area contributed by atoms with Crippen LogP contribution in [0.3, 0.4) is 0 Å². The molecule has 1 aromatic carbocycles. The van der Waals surface area contributed by atoms with E-state index in [4.69, 9.17) is 0 Å². The molecule has 0 amide bonds. The van der Waals surface area contributed by atoms with Gasteiger partial charge in [-0.2, -0.15) is 5.10 Å². The standard InChI is InChI=1S/C16H22FN3/c1-5-8-18-16(15-9-12(3)19-20(15)4)13-7-6-11(2)14(17)10-13/h6-7,9-10,16,18H,5,8H2,1-4H3. The Bertz CT molecular complexity index is 589. The zero-order chi connectivity index (χ0) is 14.7. The normalized spacial score (nSPS) is 12.7. The van der Waals surface area contributed by atoms with Crippen LogP contribution < -0.4 is 5.32 Å². The van der Waals surface area contributed by atoms with Crippen molar-refractivity contribution in [1.82, 2.24) is 15.1 Å². The molecular formula is C16H22FN3. The molecule has 0 fully saturated rings. The van der Waals surface area contributed by atoms with E-state index in [2.05, 4.69) is 17.3 Å². The summed E-state index contributed by atoms with van der Waals surface area (Å²) in [6.07, 6.45) is 1.03. The van der Waals surface area contributed by atoms with Gasteiger partial charge in [0.1, 0.15) is 5.82 Å². The predicted molar refractivity (Wildman–Crippen MR) is 79.2 cm³/mol. The average Bonchev–Trinajstić information content (AvgIpc) is 2.73. The quantitative estimate of drug-likeness (QED) is 0.907. The second-order valence-electron chi connectivity index (χ2n) is 5.23. The molecule has 4 heteroatoms. The second-order valence-corrected chi connectivity index (χ2v) is 5.23. The third-order valence-electron chi connectivity index (χ3n) is 3.46. The van der Waals surface area contributed by atoms with Crippen LogP contribution in [0.25, 0.3) is 0 Å². The number of benzene rings is 1. The van der Waals surface area contributed by atoms with E-state index in [1.165, 1.54) is 0 Å². The maximum Gasteiger partial charge on any atom is 0.126 e. The van der Waals surface area contributed by atoms with Crippen molar-refractivity contribution in [3.63, 3.8) is 0 Å². The molecule has 20 heavy (non-hydrogen) atoms. The summed E-state index contributed by atoms with van der Waals surface area (Å²) < 4.78 is 15.7. The van der Waals surface area contributed by atoms with E-state index in [0.29, 0.717) is 5.56 Å². The van der Waals surface area contributed by atoms with Gasteiger partial charge in [-0.25, -0.2) is 4.39 Å². The van der Waals surface area contributed by atoms with Crippen molar-refractivity contribution in [3.05, 3.63) is 52.6 Å². The van der Waals surface area contributed by atoms with Crippen molar-refractivity contribution in [1.29, 1.82) is 0 Å². The Morgan fingerprint density at radius 3 is 2.60 bits per heavy atom. The lowest BCUT2D eigenvalue weighted by Crippen LogP contribution is -2.25. The minimum absolute atomic E-state index is 0.0313. The van der Waals surface area contributed by atoms with Gasteiger partial charge in [-0.05, 0) is 50.1 Å². The van der Waals surface area contributed by atoms with Crippen LogP contribution in [-0.4, -0.2) is 16.3 Å². The highest BCUT2D eigenvalue weighted by molar-refractivity contribution is 5.32. The molecule has 0 aliphatic rings. The van der Waals surface area contributed by atoms with Gasteiger partial charge < -0.3 is 5.32 Å². The summed E-state index contributed by atoms with van der Waals surface area (Å²) in [4.78, 5) is 0. The first kappa shape index (κ1) is 14.7. The first-order valence-corrected chi connectivity index (χ1v) is 7.03. The van der Waals surface area contributed by atoms with Gasteiger partial charge in [0, 0.05) is 7.05 Å². The molecule has 2 rings (SSSR count). The minimum Gasteiger partial charge on any atom is -0.305 e. The number of rotatable bonds is 5. The van der Waals surface area contributed by atoms with Gasteiger partial charge >= 0.3 is 0 Å². The Labute approximate surface area is 119 Å². The monoisotopic (exact) mass is 275 g/mol. The Kier molecular flexibility index (Phi) is 4.55. The summed E-state index contributed by atoms with van der Waals surface area (Å²) in [5.74, 6) is -0.162. The topological polar surface area (TPSA) is 29.9 Å². The van der Waals surface area contributed by atoms with Crippen molar-refractivity contribution in [2.24, 2.45) is 7.05 Å². The highest BCUT2D eigenvalue weighted by atomic mass is 19.1. The van der Waals surface area contributed by atoms with Crippen LogP contribution in [0.4, 0.5) is 4.39 Å². The smallest absolute Gasteiger partial charge is 0.126 e. The Hall–Kier alpha value is -1.68. The minimum atomic E-state index is -0.162. The summed E-state index contributed by atoms with van der Waals surface area (Å²) >= 11 is 0. The van der Waals surface area contributed by atoms with Crippen molar-refractivity contribution in [2.45, 2.75) is 33.2 Å². The predicted octanol–water partition coefficient (Wildman–Crippen LogP) is 3.27. The summed E-state index contributed by atoms with van der Waals surface area (Å²) in [7, 11) is 1.92. The number of nitrogens with one attached hydrogen (secondary N) is 1. The van der Waals surface area contributed by atoms with Gasteiger partial charge in [-0.3, -0.25) is 4.68 Å². The molecule has 0 aliphatic heterocycles. The molecule has 1 aromatic heterocycles. The van der Waals surface area contributed by atoms with Gasteiger partial charge in [0.25, 0.3) is 0 Å². The lowest BCUT2D eigenvalue weighted by atomic mass is 10.0. The van der Waals surface area contributed by atoms with E-state index in [1.807, 2.05) is 36.9 Å². The van der Waals surface area contributed by atoms with E-state index in [1.54, 1.807) is 13.0 Å². The molecule has 3 nitrogen and oxygen atoms in total. The zero-order valence-corrected chi connectivity index (χ0v) is 12.6. The third kappa shape index (κ3) is 3.07. The van der Waals surface area contributed by atoms with E-state index in [0.717, 1.165) is 29.9 Å². The molecule has 108 valence electrons. The molecule has 0 saturated heterocycles. The van der Waals surface area contributed by atoms with E-state index >= 15 is 0 Å². The van der Waals surface area contributed by atoms with Gasteiger partial charge in [-0.1, -0.05) is 19.1 Å². The lowest BCUT2D eigenvalue weighted by molar-refractivity contribution is 0.546. The van der Waals surface area contributed by atoms with Crippen LogP contribution in [0, 0.1) is 19.7 Å². The molecule has 1 heterocycles. The number of hydrogen-bond acceptors (Lipinski definition) is 2. The van der Waals surface area contributed by atoms with Gasteiger partial charge in [0.15, 0.2) is 0 Å². The molecule has 1 atom stereocenters. The van der Waals surface area contributed by atoms with Crippen LogP contribution in [0.1, 0.15) is 41.9 Å². The molecule has 0 saturated carbocycles. The van der Waals surface area contributed by atoms with Crippen LogP contribution in [-0.2, 0) is 7.05 Å². The van der Waals surface area contributed by atoms with Crippen molar-refractivity contribution in [2.75, 3.05) is 6.54 Å². The number of aryl methyl sites for hydroxylation is 3. The highest BCUT2D eigenvalue weighted by Crippen LogP contribution is 2.24. The number of halogens is 1. The number of aromatic nitrogens is 2. The fraction of sp³-hybridized carbons (Fsp3) is 0.438. The maximum absolute atomic E-state index is 13.8. The molecule has 0 spiro atoms. The van der Waals surface area contributed by atoms with E-state index in [-0.39, 0.29) is 11.9 Å². The first-order valence-electron chi connectivity index (χ1n) is 7.03. The van der Waals surface area contributed by atoms with Crippen molar-refractivity contribution >= 4 is 0 Å². The molecular weight excluding hydrogens is 253 g/mol. The highest BCUT2D eigenvalue weighted by Gasteiger charge is 2.18. The van der Waals surface area contributed by atoms with Crippen LogP contribution >= 0.6 is 0 Å². The largest absolute Gasteiger partial charge is 0.305 e. The Morgan fingerprint density at radius 2 is 2.05 bits per heavy atom. The SMILES string of the molecule is CCCNC(c1ccc(C)c(F)c1)c1cc(C)nn1C. The summed E-state index contributed by atoms with van der Waals surface area (Å²) in [5, 5.41) is 7.86. The van der Waals surface area contributed by atoms with E-state index < -0.39 is 0 Å². The molecule has 0 radical (unpaired) electrons. The average molecular weight is 275 g/mol. The summed E-state index contributed by atoms with van der Waals surface area (Å²) in [6, 6.07) is 7.44. The molecule has 1 unspecified atom stereocenters. The number of nitrogens with zero attached hydrogens (tertiary/aromatic N) is 2. The zero-order valence-electron chi connectivity index (χ0n) is 12.6. The third-order valence-corrected chi connectivity index (χ3v) is 3.46. The molecule has 0 aliphatic carbocycles. The van der Waals surface area contributed by atoms with Gasteiger partial charge in [0.2, 0.25) is 0 Å². The molecule has 0 bridgehead atoms. The van der Waals surface area contributed by atoms with Crippen molar-refractivity contribution in [3.8, 4) is 0 Å². The lowest BCUT2D eigenvalue weighted by Gasteiger charge is -2.19. The maximum atomic E-state index is 13.8. The van der Waals surface area contributed by atoms with Gasteiger partial charge in [0.05, 0.1) is 17.4 Å². The fourth-order valence-electron chi connectivity index (χ4n) is 2.37. The first-order chi connectivity index (χ1) is 9.52.